The predicted molar refractivity (Wildman–Crippen MR) is 78.1 cm³/mol. The van der Waals surface area contributed by atoms with Gasteiger partial charge in [0.2, 0.25) is 0 Å². The number of hydrogen-bond acceptors (Lipinski definition) is 5. The predicted octanol–water partition coefficient (Wildman–Crippen LogP) is 3.53. The smallest absolute Gasteiger partial charge is 0.161 e. The number of rotatable bonds is 3. The van der Waals surface area contributed by atoms with Gasteiger partial charge < -0.3 is 24.1 Å². The van der Waals surface area contributed by atoms with Crippen LogP contribution in [0.1, 0.15) is 0 Å². The van der Waals surface area contributed by atoms with Crippen LogP contribution in [0.4, 0.5) is 0 Å². The Balaban J connectivity index is 2.15. The Hall–Kier alpha value is -2.82. The van der Waals surface area contributed by atoms with Gasteiger partial charge in [0, 0.05) is 23.1 Å². The van der Waals surface area contributed by atoms with E-state index >= 15 is 0 Å². The molecule has 2 aromatic carbocycles. The number of phenols is 2. The third kappa shape index (κ3) is 2.33. The Bertz CT molecular complexity index is 743. The molecule has 0 aliphatic rings. The van der Waals surface area contributed by atoms with E-state index in [1.165, 1.54) is 12.1 Å². The maximum Gasteiger partial charge on any atom is 0.161 e. The molecule has 108 valence electrons. The Labute approximate surface area is 121 Å². The van der Waals surface area contributed by atoms with Gasteiger partial charge >= 0.3 is 0 Å². The van der Waals surface area contributed by atoms with Crippen molar-refractivity contribution in [1.82, 2.24) is 0 Å². The molecule has 0 atom stereocenters. The fourth-order valence-corrected chi connectivity index (χ4v) is 2.16. The molecule has 0 unspecified atom stereocenters. The Morgan fingerprint density at radius 3 is 2.05 bits per heavy atom. The third-order valence-corrected chi connectivity index (χ3v) is 3.25. The van der Waals surface area contributed by atoms with Crippen molar-refractivity contribution >= 4 is 11.0 Å². The molecule has 5 nitrogen and oxygen atoms in total. The number of furan rings is 1. The lowest BCUT2D eigenvalue weighted by Gasteiger charge is -2.06. The van der Waals surface area contributed by atoms with Gasteiger partial charge in [-0.1, -0.05) is 0 Å². The fourth-order valence-electron chi connectivity index (χ4n) is 2.16. The topological polar surface area (TPSA) is 72.1 Å². The molecule has 0 bridgehead atoms. The third-order valence-electron chi connectivity index (χ3n) is 3.25. The summed E-state index contributed by atoms with van der Waals surface area (Å²) in [6, 6.07) is 10.0. The van der Waals surface area contributed by atoms with Gasteiger partial charge in [-0.15, -0.1) is 0 Å². The van der Waals surface area contributed by atoms with E-state index in [1.54, 1.807) is 26.4 Å². The zero-order chi connectivity index (χ0) is 15.0. The van der Waals surface area contributed by atoms with Crippen molar-refractivity contribution in [3.8, 4) is 34.3 Å². The number of benzene rings is 2. The molecular weight excluding hydrogens is 272 g/mol. The second-order valence-corrected chi connectivity index (χ2v) is 4.59. The lowest BCUT2D eigenvalue weighted by Crippen LogP contribution is -1.88. The fraction of sp³-hybridized carbons (Fsp3) is 0.125. The summed E-state index contributed by atoms with van der Waals surface area (Å²) >= 11 is 0. The largest absolute Gasteiger partial charge is 0.504 e. The highest BCUT2D eigenvalue weighted by Gasteiger charge is 2.12. The van der Waals surface area contributed by atoms with Crippen molar-refractivity contribution < 1.29 is 24.1 Å². The van der Waals surface area contributed by atoms with E-state index < -0.39 is 0 Å². The van der Waals surface area contributed by atoms with Crippen LogP contribution in [0.15, 0.2) is 40.8 Å². The highest BCUT2D eigenvalue weighted by atomic mass is 16.5. The molecule has 0 amide bonds. The summed E-state index contributed by atoms with van der Waals surface area (Å²) < 4.78 is 16.2. The van der Waals surface area contributed by atoms with Crippen molar-refractivity contribution in [3.05, 3.63) is 36.4 Å². The zero-order valence-corrected chi connectivity index (χ0v) is 11.6. The second kappa shape index (κ2) is 4.94. The first-order valence-electron chi connectivity index (χ1n) is 6.29. The molecular formula is C16H14O5. The SMILES string of the molecule is COc1cc(OC)cc(-c2cc3cc(O)c(O)cc3o2)c1. The molecule has 3 aromatic rings. The number of fused-ring (bicyclic) bond motifs is 1. The van der Waals surface area contributed by atoms with Crippen LogP contribution in [0, 0.1) is 0 Å². The highest BCUT2D eigenvalue weighted by molar-refractivity contribution is 5.86. The van der Waals surface area contributed by atoms with E-state index in [-0.39, 0.29) is 11.5 Å². The molecule has 3 rings (SSSR count). The number of hydrogen-bond donors (Lipinski definition) is 2. The quantitative estimate of drug-likeness (QED) is 0.721. The molecule has 1 aromatic heterocycles. The van der Waals surface area contributed by atoms with Crippen molar-refractivity contribution in [2.24, 2.45) is 0 Å². The molecule has 0 radical (unpaired) electrons. The standard InChI is InChI=1S/C16H14O5/c1-19-11-3-9(4-12(7-11)20-2)15-6-10-5-13(17)14(18)8-16(10)21-15/h3-8,17-18H,1-2H3. The van der Waals surface area contributed by atoms with E-state index in [1.807, 2.05) is 12.1 Å². The monoisotopic (exact) mass is 286 g/mol. The van der Waals surface area contributed by atoms with Crippen molar-refractivity contribution in [1.29, 1.82) is 0 Å². The summed E-state index contributed by atoms with van der Waals surface area (Å²) in [7, 11) is 3.15. The van der Waals surface area contributed by atoms with E-state index in [0.29, 0.717) is 28.2 Å². The summed E-state index contributed by atoms with van der Waals surface area (Å²) in [6.45, 7) is 0. The molecule has 5 heteroatoms. The molecule has 0 saturated carbocycles. The van der Waals surface area contributed by atoms with Crippen molar-refractivity contribution in [3.63, 3.8) is 0 Å². The van der Waals surface area contributed by atoms with Crippen molar-refractivity contribution in [2.45, 2.75) is 0 Å². The minimum Gasteiger partial charge on any atom is -0.504 e. The van der Waals surface area contributed by atoms with Gasteiger partial charge in [0.1, 0.15) is 22.8 Å². The Morgan fingerprint density at radius 2 is 1.43 bits per heavy atom. The first-order chi connectivity index (χ1) is 10.1. The van der Waals surface area contributed by atoms with Crippen LogP contribution in [0.25, 0.3) is 22.3 Å². The summed E-state index contributed by atoms with van der Waals surface area (Å²) in [5, 5.41) is 19.7. The van der Waals surface area contributed by atoms with Crippen LogP contribution in [-0.4, -0.2) is 24.4 Å². The molecule has 0 fully saturated rings. The van der Waals surface area contributed by atoms with Gasteiger partial charge in [-0.25, -0.2) is 0 Å². The van der Waals surface area contributed by atoms with Crippen LogP contribution >= 0.6 is 0 Å². The van der Waals surface area contributed by atoms with Crippen LogP contribution in [0.3, 0.4) is 0 Å². The summed E-state index contributed by atoms with van der Waals surface area (Å²) in [5.74, 6) is 1.49. The minimum absolute atomic E-state index is 0.182. The number of aromatic hydroxyl groups is 2. The van der Waals surface area contributed by atoms with Gasteiger partial charge in [-0.05, 0) is 24.3 Å². The van der Waals surface area contributed by atoms with Crippen LogP contribution in [0.2, 0.25) is 0 Å². The minimum atomic E-state index is -0.216. The zero-order valence-electron chi connectivity index (χ0n) is 11.6. The molecule has 2 N–H and O–H groups in total. The maximum atomic E-state index is 9.53. The molecule has 0 saturated heterocycles. The van der Waals surface area contributed by atoms with Gasteiger partial charge in [-0.3, -0.25) is 0 Å². The average molecular weight is 286 g/mol. The van der Waals surface area contributed by atoms with Gasteiger partial charge in [-0.2, -0.15) is 0 Å². The van der Waals surface area contributed by atoms with Gasteiger partial charge in [0.25, 0.3) is 0 Å². The molecule has 21 heavy (non-hydrogen) atoms. The Morgan fingerprint density at radius 1 is 0.810 bits per heavy atom. The van der Waals surface area contributed by atoms with E-state index in [0.717, 1.165) is 5.56 Å². The number of ether oxygens (including phenoxy) is 2. The molecule has 0 aliphatic carbocycles. The number of phenolic OH excluding ortho intramolecular Hbond substituents is 2. The van der Waals surface area contributed by atoms with Gasteiger partial charge in [0.05, 0.1) is 14.2 Å². The maximum absolute atomic E-state index is 9.53. The number of methoxy groups -OCH3 is 2. The lowest BCUT2D eigenvalue weighted by atomic mass is 10.1. The Kier molecular flexibility index (Phi) is 3.10. The average Bonchev–Trinajstić information content (AvgIpc) is 2.90. The van der Waals surface area contributed by atoms with Gasteiger partial charge in [0.15, 0.2) is 11.5 Å². The summed E-state index contributed by atoms with van der Waals surface area (Å²) in [4.78, 5) is 0. The van der Waals surface area contributed by atoms with E-state index in [2.05, 4.69) is 0 Å². The lowest BCUT2D eigenvalue weighted by molar-refractivity contribution is 0.394. The highest BCUT2D eigenvalue weighted by Crippen LogP contribution is 2.37. The van der Waals surface area contributed by atoms with Crippen molar-refractivity contribution in [2.75, 3.05) is 14.2 Å². The summed E-state index contributed by atoms with van der Waals surface area (Å²) in [6.07, 6.45) is 0. The van der Waals surface area contributed by atoms with Crippen LogP contribution in [-0.2, 0) is 0 Å². The molecule has 0 aliphatic heterocycles. The normalized spacial score (nSPS) is 10.8. The second-order valence-electron chi connectivity index (χ2n) is 4.59. The van der Waals surface area contributed by atoms with Crippen LogP contribution < -0.4 is 9.47 Å². The first kappa shape index (κ1) is 13.2. The first-order valence-corrected chi connectivity index (χ1v) is 6.29. The van der Waals surface area contributed by atoms with Crippen LogP contribution in [0.5, 0.6) is 23.0 Å². The van der Waals surface area contributed by atoms with E-state index in [9.17, 15) is 10.2 Å². The van der Waals surface area contributed by atoms with E-state index in [4.69, 9.17) is 13.9 Å². The molecule has 1 heterocycles. The summed E-state index contributed by atoms with van der Waals surface area (Å²) in [5.41, 5.74) is 1.27. The molecule has 0 spiro atoms.